The van der Waals surface area contributed by atoms with Crippen molar-refractivity contribution < 1.29 is 9.18 Å². The van der Waals surface area contributed by atoms with Crippen LogP contribution in [0.1, 0.15) is 23.3 Å². The zero-order chi connectivity index (χ0) is 20.1. The van der Waals surface area contributed by atoms with Crippen LogP contribution in [0.4, 0.5) is 10.1 Å². The minimum absolute atomic E-state index is 0.0941. The number of anilines is 1. The Morgan fingerprint density at radius 2 is 2.14 bits per heavy atom. The Hall–Kier alpha value is -2.78. The molecule has 0 spiro atoms. The average Bonchev–Trinajstić information content (AvgIpc) is 3.22. The Morgan fingerprint density at radius 1 is 1.31 bits per heavy atom. The first kappa shape index (κ1) is 18.3. The van der Waals surface area contributed by atoms with Gasteiger partial charge in [-0.3, -0.25) is 4.79 Å². The van der Waals surface area contributed by atoms with Crippen LogP contribution in [0.15, 0.2) is 29.3 Å². The molecule has 4 aromatic rings. The number of hydrogen-bond acceptors (Lipinski definition) is 5. The van der Waals surface area contributed by atoms with Crippen molar-refractivity contribution in [2.24, 2.45) is 0 Å². The van der Waals surface area contributed by atoms with Gasteiger partial charge in [0.2, 0.25) is 5.91 Å². The smallest absolute Gasteiger partial charge is 0.324 e. The van der Waals surface area contributed by atoms with Crippen LogP contribution >= 0.6 is 22.9 Å². The lowest BCUT2D eigenvalue weighted by Gasteiger charge is -2.09. The molecule has 29 heavy (non-hydrogen) atoms. The summed E-state index contributed by atoms with van der Waals surface area (Å²) >= 11 is 7.39. The molecule has 0 atom stereocenters. The molecule has 0 aliphatic heterocycles. The number of aryl methyl sites for hydroxylation is 2. The van der Waals surface area contributed by atoms with E-state index < -0.39 is 17.4 Å². The van der Waals surface area contributed by atoms with E-state index in [1.807, 2.05) is 0 Å². The Balaban J connectivity index is 1.50. The Labute approximate surface area is 172 Å². The summed E-state index contributed by atoms with van der Waals surface area (Å²) in [6.07, 6.45) is 5.70. The maximum absolute atomic E-state index is 13.3. The number of amides is 1. The van der Waals surface area contributed by atoms with E-state index in [0.717, 1.165) is 46.6 Å². The van der Waals surface area contributed by atoms with Gasteiger partial charge in [-0.2, -0.15) is 0 Å². The summed E-state index contributed by atoms with van der Waals surface area (Å²) in [6.45, 7) is -0.274. The lowest BCUT2D eigenvalue weighted by Crippen LogP contribution is -2.28. The van der Waals surface area contributed by atoms with Gasteiger partial charge in [-0.25, -0.2) is 23.3 Å². The first-order valence-electron chi connectivity index (χ1n) is 9.14. The standard InChI is InChI=1S/C19H15ClFN5O2S/c20-12-7-10(5-6-13(12)21)23-15(27)8-26-19(28)25-9-22-18-16(17(25)24-26)11-3-1-2-4-14(11)29-18/h5-7,9H,1-4,8H2,(H,23,27). The second kappa shape index (κ2) is 6.93. The molecule has 1 aromatic carbocycles. The second-order valence-electron chi connectivity index (χ2n) is 6.95. The van der Waals surface area contributed by atoms with Crippen LogP contribution in [0, 0.1) is 5.82 Å². The van der Waals surface area contributed by atoms with Crippen LogP contribution in [0.5, 0.6) is 0 Å². The SMILES string of the molecule is O=C(Cn1nc2c3c4c(sc3ncn2c1=O)CCCC4)Nc1ccc(F)c(Cl)c1. The number of aromatic nitrogens is 4. The predicted molar refractivity (Wildman–Crippen MR) is 109 cm³/mol. The minimum atomic E-state index is -0.572. The highest BCUT2D eigenvalue weighted by molar-refractivity contribution is 7.19. The van der Waals surface area contributed by atoms with E-state index >= 15 is 0 Å². The van der Waals surface area contributed by atoms with Crippen molar-refractivity contribution in [3.05, 3.63) is 56.3 Å². The van der Waals surface area contributed by atoms with Crippen molar-refractivity contribution >= 4 is 50.4 Å². The maximum atomic E-state index is 13.3. The molecule has 148 valence electrons. The Morgan fingerprint density at radius 3 is 2.97 bits per heavy atom. The molecule has 1 N–H and O–H groups in total. The molecule has 0 saturated heterocycles. The van der Waals surface area contributed by atoms with E-state index in [2.05, 4.69) is 15.4 Å². The van der Waals surface area contributed by atoms with Gasteiger partial charge >= 0.3 is 5.69 Å². The van der Waals surface area contributed by atoms with E-state index in [0.29, 0.717) is 11.3 Å². The molecule has 0 unspecified atom stereocenters. The normalized spacial score (nSPS) is 13.7. The van der Waals surface area contributed by atoms with Crippen LogP contribution in [-0.2, 0) is 24.2 Å². The van der Waals surface area contributed by atoms with Crippen molar-refractivity contribution in [2.75, 3.05) is 5.32 Å². The average molecular weight is 432 g/mol. The summed E-state index contributed by atoms with van der Waals surface area (Å²) in [5.74, 6) is -1.04. The Bertz CT molecular complexity index is 1340. The number of thiophene rings is 1. The number of nitrogens with zero attached hydrogens (tertiary/aromatic N) is 4. The summed E-state index contributed by atoms with van der Waals surface area (Å²) in [4.78, 5) is 31.7. The third-order valence-corrected chi connectivity index (χ3v) is 6.52. The first-order valence-corrected chi connectivity index (χ1v) is 10.3. The third kappa shape index (κ3) is 3.10. The van der Waals surface area contributed by atoms with Crippen LogP contribution in [0.25, 0.3) is 15.9 Å². The zero-order valence-corrected chi connectivity index (χ0v) is 16.7. The van der Waals surface area contributed by atoms with Crippen LogP contribution < -0.4 is 11.0 Å². The van der Waals surface area contributed by atoms with Crippen molar-refractivity contribution in [1.82, 2.24) is 19.2 Å². The fourth-order valence-corrected chi connectivity index (χ4v) is 5.10. The van der Waals surface area contributed by atoms with Gasteiger partial charge in [0.1, 0.15) is 23.5 Å². The molecule has 3 heterocycles. The molecular weight excluding hydrogens is 417 g/mol. The fraction of sp³-hybridized carbons (Fsp3) is 0.263. The lowest BCUT2D eigenvalue weighted by molar-refractivity contribution is -0.117. The molecule has 7 nitrogen and oxygen atoms in total. The number of halogens is 2. The van der Waals surface area contributed by atoms with Crippen LogP contribution in [0.3, 0.4) is 0 Å². The molecule has 10 heteroatoms. The van der Waals surface area contributed by atoms with Crippen molar-refractivity contribution in [1.29, 1.82) is 0 Å². The third-order valence-electron chi connectivity index (χ3n) is 5.03. The molecular formula is C19H15ClFN5O2S. The summed E-state index contributed by atoms with van der Waals surface area (Å²) < 4.78 is 15.8. The van der Waals surface area contributed by atoms with Gasteiger partial charge in [0.15, 0.2) is 5.65 Å². The molecule has 0 saturated carbocycles. The van der Waals surface area contributed by atoms with Gasteiger partial charge in [0, 0.05) is 10.6 Å². The van der Waals surface area contributed by atoms with Gasteiger partial charge in [-0.05, 0) is 49.4 Å². The largest absolute Gasteiger partial charge is 0.352 e. The number of carbonyl (C=O) groups excluding carboxylic acids is 1. The van der Waals surface area contributed by atoms with Gasteiger partial charge in [0.05, 0.1) is 10.4 Å². The predicted octanol–water partition coefficient (Wildman–Crippen LogP) is 3.42. The lowest BCUT2D eigenvalue weighted by atomic mass is 9.97. The van der Waals surface area contributed by atoms with E-state index in [-0.39, 0.29) is 11.6 Å². The fourth-order valence-electron chi connectivity index (χ4n) is 3.69. The van der Waals surface area contributed by atoms with Crippen molar-refractivity contribution in [3.63, 3.8) is 0 Å². The number of fused-ring (bicyclic) bond motifs is 5. The topological polar surface area (TPSA) is 81.3 Å². The van der Waals surface area contributed by atoms with Gasteiger partial charge < -0.3 is 5.32 Å². The molecule has 1 amide bonds. The molecule has 5 rings (SSSR count). The van der Waals surface area contributed by atoms with Crippen molar-refractivity contribution in [2.45, 2.75) is 32.2 Å². The molecule has 3 aromatic heterocycles. The van der Waals surface area contributed by atoms with E-state index in [1.54, 1.807) is 11.3 Å². The van der Waals surface area contributed by atoms with Crippen LogP contribution in [0.2, 0.25) is 5.02 Å². The summed E-state index contributed by atoms with van der Waals surface area (Å²) in [7, 11) is 0. The van der Waals surface area contributed by atoms with Gasteiger partial charge in [0.25, 0.3) is 0 Å². The molecule has 1 aliphatic carbocycles. The van der Waals surface area contributed by atoms with Gasteiger partial charge in [-0.1, -0.05) is 11.6 Å². The molecule has 0 bridgehead atoms. The number of carbonyl (C=O) groups is 1. The zero-order valence-electron chi connectivity index (χ0n) is 15.1. The van der Waals surface area contributed by atoms with E-state index in [9.17, 15) is 14.0 Å². The van der Waals surface area contributed by atoms with E-state index in [4.69, 9.17) is 11.6 Å². The highest BCUT2D eigenvalue weighted by Gasteiger charge is 2.22. The second-order valence-corrected chi connectivity index (χ2v) is 8.44. The van der Waals surface area contributed by atoms with Gasteiger partial charge in [-0.15, -0.1) is 16.4 Å². The highest BCUT2D eigenvalue weighted by Crippen LogP contribution is 2.36. The quantitative estimate of drug-likeness (QED) is 0.539. The summed E-state index contributed by atoms with van der Waals surface area (Å²) in [6, 6.07) is 3.88. The molecule has 0 radical (unpaired) electrons. The number of benzene rings is 1. The monoisotopic (exact) mass is 431 g/mol. The summed E-state index contributed by atoms with van der Waals surface area (Å²) in [5, 5.41) is 7.84. The maximum Gasteiger partial charge on any atom is 0.352 e. The Kier molecular flexibility index (Phi) is 4.36. The molecule has 0 fully saturated rings. The number of hydrogen-bond donors (Lipinski definition) is 1. The van der Waals surface area contributed by atoms with Crippen LogP contribution in [-0.4, -0.2) is 25.1 Å². The molecule has 1 aliphatic rings. The first-order chi connectivity index (χ1) is 14.0. The summed E-state index contributed by atoms with van der Waals surface area (Å²) in [5.41, 5.74) is 1.65. The minimum Gasteiger partial charge on any atom is -0.324 e. The number of nitrogens with one attached hydrogen (secondary N) is 1. The van der Waals surface area contributed by atoms with E-state index in [1.165, 1.54) is 33.3 Å². The highest BCUT2D eigenvalue weighted by atomic mass is 35.5. The van der Waals surface area contributed by atoms with Crippen molar-refractivity contribution in [3.8, 4) is 0 Å². The number of rotatable bonds is 3.